The Morgan fingerprint density at radius 3 is 2.53 bits per heavy atom. The minimum absolute atomic E-state index is 0.00845. The van der Waals surface area contributed by atoms with Gasteiger partial charge in [0, 0.05) is 37.7 Å². The molecule has 2 heterocycles. The normalized spacial score (nSPS) is 14.6. The number of piperidine rings is 1. The van der Waals surface area contributed by atoms with E-state index in [9.17, 15) is 18.4 Å². The van der Waals surface area contributed by atoms with Crippen LogP contribution in [-0.2, 0) is 11.2 Å². The van der Waals surface area contributed by atoms with E-state index in [1.807, 2.05) is 6.92 Å². The molecule has 8 heteroatoms. The molecule has 0 atom stereocenters. The van der Waals surface area contributed by atoms with E-state index in [2.05, 4.69) is 4.98 Å². The summed E-state index contributed by atoms with van der Waals surface area (Å²) in [6, 6.07) is 3.21. The van der Waals surface area contributed by atoms with E-state index < -0.39 is 17.6 Å². The fourth-order valence-electron chi connectivity index (χ4n) is 3.82. The number of amides is 1. The Kier molecular flexibility index (Phi) is 6.74. The van der Waals surface area contributed by atoms with Crippen LogP contribution in [0.3, 0.4) is 0 Å². The van der Waals surface area contributed by atoms with Gasteiger partial charge in [0.2, 0.25) is 0 Å². The maximum Gasteiger partial charge on any atom is 0.339 e. The topological polar surface area (TPSA) is 71.6 Å². The highest BCUT2D eigenvalue weighted by molar-refractivity contribution is 6.00. The fraction of sp³-hybridized carbons (Fsp3) is 0.455. The number of nitrogens with one attached hydrogen (secondary N) is 1. The number of nitrogens with zero attached hydrogens (tertiary/aromatic N) is 1. The molecule has 1 saturated heterocycles. The quantitative estimate of drug-likeness (QED) is 0.717. The number of hydrogen-bond acceptors (Lipinski definition) is 4. The molecule has 1 amide bonds. The molecule has 1 N–H and O–H groups in total. The molecule has 1 aliphatic heterocycles. The van der Waals surface area contributed by atoms with E-state index in [4.69, 9.17) is 9.47 Å². The minimum Gasteiger partial charge on any atom is -0.487 e. The van der Waals surface area contributed by atoms with E-state index in [1.165, 1.54) is 13.2 Å². The predicted octanol–water partition coefficient (Wildman–Crippen LogP) is 4.02. The Balaban J connectivity index is 1.70. The summed E-state index contributed by atoms with van der Waals surface area (Å²) in [4.78, 5) is 30.1. The zero-order chi connectivity index (χ0) is 21.8. The summed E-state index contributed by atoms with van der Waals surface area (Å²) < 4.78 is 37.4. The van der Waals surface area contributed by atoms with Crippen LogP contribution in [0.4, 0.5) is 8.78 Å². The predicted molar refractivity (Wildman–Crippen MR) is 107 cm³/mol. The van der Waals surface area contributed by atoms with E-state index in [0.29, 0.717) is 54.9 Å². The molecule has 1 aromatic carbocycles. The molecule has 2 aromatic rings. The first-order chi connectivity index (χ1) is 14.3. The Labute approximate surface area is 174 Å². The van der Waals surface area contributed by atoms with E-state index in [-0.39, 0.29) is 17.8 Å². The number of methoxy groups -OCH3 is 1. The van der Waals surface area contributed by atoms with Crippen LogP contribution < -0.4 is 4.74 Å². The summed E-state index contributed by atoms with van der Waals surface area (Å²) in [6.45, 7) is 4.60. The molecule has 162 valence electrons. The van der Waals surface area contributed by atoms with Gasteiger partial charge in [-0.2, -0.15) is 0 Å². The third kappa shape index (κ3) is 4.47. The zero-order valence-corrected chi connectivity index (χ0v) is 17.4. The first-order valence-corrected chi connectivity index (χ1v) is 10.1. The summed E-state index contributed by atoms with van der Waals surface area (Å²) in [6.07, 6.45) is 2.14. The van der Waals surface area contributed by atoms with Crippen molar-refractivity contribution in [1.29, 1.82) is 0 Å². The van der Waals surface area contributed by atoms with Crippen LogP contribution in [0, 0.1) is 18.6 Å². The fourth-order valence-corrected chi connectivity index (χ4v) is 3.82. The van der Waals surface area contributed by atoms with Crippen molar-refractivity contribution in [3.8, 4) is 5.75 Å². The van der Waals surface area contributed by atoms with Crippen molar-refractivity contribution in [1.82, 2.24) is 9.88 Å². The van der Waals surface area contributed by atoms with Crippen LogP contribution in [0.2, 0.25) is 0 Å². The molecule has 1 aromatic heterocycles. The molecular weight excluding hydrogens is 394 g/mol. The highest BCUT2D eigenvalue weighted by atomic mass is 19.1. The molecule has 0 aliphatic carbocycles. The lowest BCUT2D eigenvalue weighted by molar-refractivity contribution is 0.0582. The summed E-state index contributed by atoms with van der Waals surface area (Å²) in [7, 11) is 1.32. The molecule has 0 spiro atoms. The largest absolute Gasteiger partial charge is 0.487 e. The summed E-state index contributed by atoms with van der Waals surface area (Å²) in [5.74, 6) is -2.03. The standard InChI is InChI=1S/C22H26F2N2O4/c1-4-5-16-19(22(28)29-3)13(2)25-20(16)21(27)26-10-8-15(9-11-26)30-18-7-6-14(23)12-17(18)24/h6-7,12,15,25H,4-5,8-11H2,1-3H3. The van der Waals surface area contributed by atoms with Crippen LogP contribution in [0.15, 0.2) is 18.2 Å². The molecule has 0 unspecified atom stereocenters. The van der Waals surface area contributed by atoms with Gasteiger partial charge < -0.3 is 19.4 Å². The molecule has 3 rings (SSSR count). The molecule has 0 saturated carbocycles. The molecule has 6 nitrogen and oxygen atoms in total. The summed E-state index contributed by atoms with van der Waals surface area (Å²) in [5.41, 5.74) is 2.13. The molecule has 30 heavy (non-hydrogen) atoms. The number of halogens is 2. The number of esters is 1. The zero-order valence-electron chi connectivity index (χ0n) is 17.4. The van der Waals surface area contributed by atoms with Crippen molar-refractivity contribution in [2.45, 2.75) is 45.6 Å². The second kappa shape index (κ2) is 9.28. The number of carbonyl (C=O) groups excluding carboxylic acids is 2. The smallest absolute Gasteiger partial charge is 0.339 e. The third-order valence-electron chi connectivity index (χ3n) is 5.31. The Morgan fingerprint density at radius 1 is 1.23 bits per heavy atom. The maximum absolute atomic E-state index is 13.8. The van der Waals surface area contributed by atoms with Crippen molar-refractivity contribution in [2.24, 2.45) is 0 Å². The van der Waals surface area contributed by atoms with Crippen molar-refractivity contribution >= 4 is 11.9 Å². The molecule has 0 radical (unpaired) electrons. The van der Waals surface area contributed by atoms with Crippen molar-refractivity contribution in [3.63, 3.8) is 0 Å². The van der Waals surface area contributed by atoms with Gasteiger partial charge in [0.05, 0.1) is 12.7 Å². The lowest BCUT2D eigenvalue weighted by Gasteiger charge is -2.32. The third-order valence-corrected chi connectivity index (χ3v) is 5.31. The Bertz CT molecular complexity index is 933. The van der Waals surface area contributed by atoms with Crippen molar-refractivity contribution in [2.75, 3.05) is 20.2 Å². The highest BCUT2D eigenvalue weighted by Crippen LogP contribution is 2.26. The van der Waals surface area contributed by atoms with Crippen LogP contribution in [0.1, 0.15) is 58.3 Å². The average Bonchev–Trinajstić information content (AvgIpc) is 3.06. The number of H-pyrrole nitrogens is 1. The second-order valence-corrected chi connectivity index (χ2v) is 7.40. The SMILES string of the molecule is CCCc1c(C(=O)N2CCC(Oc3ccc(F)cc3F)CC2)[nH]c(C)c1C(=O)OC. The molecular formula is C22H26F2N2O4. The number of benzene rings is 1. The van der Waals surface area contributed by atoms with Gasteiger partial charge in [-0.1, -0.05) is 13.3 Å². The second-order valence-electron chi connectivity index (χ2n) is 7.40. The van der Waals surface area contributed by atoms with Crippen LogP contribution in [0.25, 0.3) is 0 Å². The molecule has 1 aliphatic rings. The number of hydrogen-bond donors (Lipinski definition) is 1. The van der Waals surface area contributed by atoms with Crippen molar-refractivity contribution < 1.29 is 27.8 Å². The van der Waals surface area contributed by atoms with Crippen LogP contribution in [-0.4, -0.2) is 48.1 Å². The lowest BCUT2D eigenvalue weighted by atomic mass is 10.0. The number of carbonyl (C=O) groups is 2. The highest BCUT2D eigenvalue weighted by Gasteiger charge is 2.30. The van der Waals surface area contributed by atoms with Gasteiger partial charge in [-0.05, 0) is 31.0 Å². The van der Waals surface area contributed by atoms with Gasteiger partial charge in [0.1, 0.15) is 17.6 Å². The van der Waals surface area contributed by atoms with Gasteiger partial charge in [0.25, 0.3) is 5.91 Å². The summed E-state index contributed by atoms with van der Waals surface area (Å²) in [5, 5.41) is 0. The Hall–Kier alpha value is -2.90. The number of likely N-dealkylation sites (tertiary alicyclic amines) is 1. The van der Waals surface area contributed by atoms with E-state index >= 15 is 0 Å². The first-order valence-electron chi connectivity index (χ1n) is 10.1. The number of ether oxygens (including phenoxy) is 2. The van der Waals surface area contributed by atoms with E-state index in [0.717, 1.165) is 18.6 Å². The van der Waals surface area contributed by atoms with Gasteiger partial charge in [-0.25, -0.2) is 13.6 Å². The summed E-state index contributed by atoms with van der Waals surface area (Å²) >= 11 is 0. The van der Waals surface area contributed by atoms with Gasteiger partial charge >= 0.3 is 5.97 Å². The number of aromatic nitrogens is 1. The number of aromatic amines is 1. The van der Waals surface area contributed by atoms with E-state index in [1.54, 1.807) is 11.8 Å². The van der Waals surface area contributed by atoms with Gasteiger partial charge in [-0.15, -0.1) is 0 Å². The van der Waals surface area contributed by atoms with Gasteiger partial charge in [0.15, 0.2) is 11.6 Å². The molecule has 0 bridgehead atoms. The van der Waals surface area contributed by atoms with Crippen molar-refractivity contribution in [3.05, 3.63) is 52.3 Å². The number of rotatable bonds is 6. The lowest BCUT2D eigenvalue weighted by Crippen LogP contribution is -2.42. The minimum atomic E-state index is -0.741. The van der Waals surface area contributed by atoms with Gasteiger partial charge in [-0.3, -0.25) is 4.79 Å². The maximum atomic E-state index is 13.8. The number of aryl methyl sites for hydroxylation is 1. The Morgan fingerprint density at radius 2 is 1.93 bits per heavy atom. The van der Waals surface area contributed by atoms with Crippen LogP contribution in [0.5, 0.6) is 5.75 Å². The molecule has 1 fully saturated rings. The monoisotopic (exact) mass is 420 g/mol. The van der Waals surface area contributed by atoms with Crippen LogP contribution >= 0.6 is 0 Å². The average molecular weight is 420 g/mol. The first kappa shape index (κ1) is 21.8.